The third-order valence-electron chi connectivity index (χ3n) is 3.36. The Hall–Kier alpha value is -1.62. The summed E-state index contributed by atoms with van der Waals surface area (Å²) >= 11 is 0. The van der Waals surface area contributed by atoms with Gasteiger partial charge in [-0.2, -0.15) is 0 Å². The van der Waals surface area contributed by atoms with Crippen molar-refractivity contribution in [1.29, 1.82) is 0 Å². The molecule has 1 rings (SSSR count). The van der Waals surface area contributed by atoms with Crippen LogP contribution < -0.4 is 15.4 Å². The summed E-state index contributed by atoms with van der Waals surface area (Å²) in [6.07, 6.45) is 2.64. The average Bonchev–Trinajstić information content (AvgIpc) is 2.44. The molecule has 0 aliphatic rings. The third kappa shape index (κ3) is 5.17. The lowest BCUT2D eigenvalue weighted by molar-refractivity contribution is -0.124. The van der Waals surface area contributed by atoms with Crippen LogP contribution in [0, 0.1) is 0 Å². The Morgan fingerprint density at radius 1 is 1.45 bits per heavy atom. The lowest BCUT2D eigenvalue weighted by Crippen LogP contribution is -2.50. The molecule has 1 heterocycles. The van der Waals surface area contributed by atoms with Crippen molar-refractivity contribution in [3.63, 3.8) is 0 Å². The molecule has 1 aromatic rings. The highest BCUT2D eigenvalue weighted by molar-refractivity contribution is 5.81. The van der Waals surface area contributed by atoms with E-state index in [1.165, 1.54) is 0 Å². The number of hydrogen-bond donors (Lipinski definition) is 2. The lowest BCUT2D eigenvalue weighted by atomic mass is 10.0. The van der Waals surface area contributed by atoms with Gasteiger partial charge in [0.25, 0.3) is 0 Å². The molecule has 5 nitrogen and oxygen atoms in total. The molecule has 2 N–H and O–H groups in total. The quantitative estimate of drug-likeness (QED) is 0.800. The van der Waals surface area contributed by atoms with Crippen LogP contribution in [0.1, 0.15) is 39.7 Å². The molecule has 5 heteroatoms. The maximum absolute atomic E-state index is 12.0. The smallest absolute Gasteiger partial charge is 0.237 e. The van der Waals surface area contributed by atoms with Crippen LogP contribution >= 0.6 is 0 Å². The highest BCUT2D eigenvalue weighted by Gasteiger charge is 2.21. The van der Waals surface area contributed by atoms with E-state index >= 15 is 0 Å². The van der Waals surface area contributed by atoms with Crippen molar-refractivity contribution in [3.05, 3.63) is 23.9 Å². The number of pyridine rings is 1. The van der Waals surface area contributed by atoms with Gasteiger partial charge in [0.2, 0.25) is 11.8 Å². The summed E-state index contributed by atoms with van der Waals surface area (Å²) in [5.74, 6) is 0.600. The van der Waals surface area contributed by atoms with E-state index in [1.807, 2.05) is 32.9 Å². The van der Waals surface area contributed by atoms with Crippen molar-refractivity contribution in [1.82, 2.24) is 15.6 Å². The first-order valence-electron chi connectivity index (χ1n) is 6.92. The second-order valence-electron chi connectivity index (χ2n) is 5.54. The number of methoxy groups -OCH3 is 1. The first-order valence-corrected chi connectivity index (χ1v) is 6.92. The zero-order valence-corrected chi connectivity index (χ0v) is 13.0. The van der Waals surface area contributed by atoms with E-state index in [1.54, 1.807) is 13.3 Å². The van der Waals surface area contributed by atoms with Crippen LogP contribution in [-0.2, 0) is 11.3 Å². The summed E-state index contributed by atoms with van der Waals surface area (Å²) in [4.78, 5) is 16.2. The van der Waals surface area contributed by atoms with Gasteiger partial charge in [0.05, 0.1) is 13.2 Å². The number of ether oxygens (including phenoxy) is 1. The largest absolute Gasteiger partial charge is 0.481 e. The topological polar surface area (TPSA) is 63.2 Å². The number of carbonyl (C=O) groups excluding carboxylic acids is 1. The molecule has 1 amide bonds. The second-order valence-corrected chi connectivity index (χ2v) is 5.54. The van der Waals surface area contributed by atoms with Crippen molar-refractivity contribution in [3.8, 4) is 5.88 Å². The standard InChI is InChI=1S/C15H25N3O2/c1-6-15(3,4)18-14(19)11(2)16-9-12-7-8-13(20-5)17-10-12/h7-8,10-11,16H,6,9H2,1-5H3,(H,18,19). The van der Waals surface area contributed by atoms with E-state index in [2.05, 4.69) is 22.5 Å². The van der Waals surface area contributed by atoms with Crippen LogP contribution in [0.4, 0.5) is 0 Å². The predicted octanol–water partition coefficient (Wildman–Crippen LogP) is 1.87. The maximum Gasteiger partial charge on any atom is 0.237 e. The highest BCUT2D eigenvalue weighted by atomic mass is 16.5. The summed E-state index contributed by atoms with van der Waals surface area (Å²) in [6.45, 7) is 8.55. The number of hydrogen-bond acceptors (Lipinski definition) is 4. The van der Waals surface area contributed by atoms with Crippen molar-refractivity contribution >= 4 is 5.91 Å². The summed E-state index contributed by atoms with van der Waals surface area (Å²) in [5, 5.41) is 6.21. The fraction of sp³-hybridized carbons (Fsp3) is 0.600. The molecule has 0 aliphatic heterocycles. The molecule has 1 unspecified atom stereocenters. The number of nitrogens with zero attached hydrogens (tertiary/aromatic N) is 1. The van der Waals surface area contributed by atoms with Crippen LogP contribution in [0.15, 0.2) is 18.3 Å². The minimum absolute atomic E-state index is 0.0123. The van der Waals surface area contributed by atoms with Crippen LogP contribution in [-0.4, -0.2) is 29.6 Å². The van der Waals surface area contributed by atoms with E-state index < -0.39 is 0 Å². The Kier molecular flexibility index (Phi) is 5.95. The van der Waals surface area contributed by atoms with E-state index in [9.17, 15) is 4.79 Å². The average molecular weight is 279 g/mol. The van der Waals surface area contributed by atoms with Crippen LogP contribution in [0.25, 0.3) is 0 Å². The van der Waals surface area contributed by atoms with Crippen molar-refractivity contribution in [2.75, 3.05) is 7.11 Å². The molecule has 0 bridgehead atoms. The van der Waals surface area contributed by atoms with Gasteiger partial charge in [-0.05, 0) is 32.8 Å². The molecule has 1 atom stereocenters. The van der Waals surface area contributed by atoms with Gasteiger partial charge in [-0.15, -0.1) is 0 Å². The van der Waals surface area contributed by atoms with E-state index in [-0.39, 0.29) is 17.5 Å². The zero-order valence-electron chi connectivity index (χ0n) is 13.0. The third-order valence-corrected chi connectivity index (χ3v) is 3.36. The van der Waals surface area contributed by atoms with Gasteiger partial charge in [0.15, 0.2) is 0 Å². The second kappa shape index (κ2) is 7.24. The molecule has 0 saturated carbocycles. The Morgan fingerprint density at radius 3 is 2.65 bits per heavy atom. The fourth-order valence-corrected chi connectivity index (χ4v) is 1.53. The Balaban J connectivity index is 2.45. The molecule has 112 valence electrons. The van der Waals surface area contributed by atoms with Gasteiger partial charge in [-0.3, -0.25) is 4.79 Å². The molecule has 0 aromatic carbocycles. The van der Waals surface area contributed by atoms with Crippen molar-refractivity contribution in [2.45, 2.75) is 52.2 Å². The van der Waals surface area contributed by atoms with Gasteiger partial charge in [0, 0.05) is 24.3 Å². The molecule has 20 heavy (non-hydrogen) atoms. The normalized spacial score (nSPS) is 12.8. The van der Waals surface area contributed by atoms with Crippen molar-refractivity contribution < 1.29 is 9.53 Å². The molecular formula is C15H25N3O2. The molecule has 0 radical (unpaired) electrons. The first-order chi connectivity index (χ1) is 9.38. The van der Waals surface area contributed by atoms with Gasteiger partial charge in [-0.1, -0.05) is 13.0 Å². The number of nitrogens with one attached hydrogen (secondary N) is 2. The van der Waals surface area contributed by atoms with Gasteiger partial charge >= 0.3 is 0 Å². The van der Waals surface area contributed by atoms with Gasteiger partial charge < -0.3 is 15.4 Å². The van der Waals surface area contributed by atoms with Gasteiger partial charge in [-0.25, -0.2) is 4.98 Å². The molecule has 0 aliphatic carbocycles. The predicted molar refractivity (Wildman–Crippen MR) is 79.6 cm³/mol. The highest BCUT2D eigenvalue weighted by Crippen LogP contribution is 2.08. The van der Waals surface area contributed by atoms with Crippen LogP contribution in [0.3, 0.4) is 0 Å². The molecule has 0 saturated heterocycles. The SMILES string of the molecule is CCC(C)(C)NC(=O)C(C)NCc1ccc(OC)nc1. The van der Waals surface area contributed by atoms with Gasteiger partial charge in [0.1, 0.15) is 0 Å². The minimum atomic E-state index is -0.247. The number of amides is 1. The number of rotatable bonds is 7. The summed E-state index contributed by atoms with van der Waals surface area (Å²) in [7, 11) is 1.59. The zero-order chi connectivity index (χ0) is 15.2. The summed E-state index contributed by atoms with van der Waals surface area (Å²) < 4.78 is 5.00. The van der Waals surface area contributed by atoms with Crippen LogP contribution in [0.2, 0.25) is 0 Å². The van der Waals surface area contributed by atoms with E-state index in [0.29, 0.717) is 12.4 Å². The van der Waals surface area contributed by atoms with E-state index in [0.717, 1.165) is 12.0 Å². The molecule has 0 fully saturated rings. The monoisotopic (exact) mass is 279 g/mol. The Morgan fingerprint density at radius 2 is 2.15 bits per heavy atom. The van der Waals surface area contributed by atoms with Crippen LogP contribution in [0.5, 0.6) is 5.88 Å². The summed E-state index contributed by atoms with van der Waals surface area (Å²) in [5.41, 5.74) is 0.842. The fourth-order valence-electron chi connectivity index (χ4n) is 1.53. The van der Waals surface area contributed by atoms with E-state index in [4.69, 9.17) is 4.74 Å². The molecular weight excluding hydrogens is 254 g/mol. The molecule has 1 aromatic heterocycles. The number of carbonyl (C=O) groups is 1. The first kappa shape index (κ1) is 16.4. The van der Waals surface area contributed by atoms with Crippen molar-refractivity contribution in [2.24, 2.45) is 0 Å². The maximum atomic E-state index is 12.0. The Labute approximate surface area is 121 Å². The lowest BCUT2D eigenvalue weighted by Gasteiger charge is -2.26. The Bertz CT molecular complexity index is 429. The summed E-state index contributed by atoms with van der Waals surface area (Å²) in [6, 6.07) is 3.49. The number of aromatic nitrogens is 1. The molecule has 0 spiro atoms. The minimum Gasteiger partial charge on any atom is -0.481 e.